The molecule has 1 aliphatic heterocycles. The van der Waals surface area contributed by atoms with Gasteiger partial charge in [0, 0.05) is 19.1 Å². The normalized spacial score (nSPS) is 18.6. The first-order valence-corrected chi connectivity index (χ1v) is 7.98. The minimum atomic E-state index is -4.74. The summed E-state index contributed by atoms with van der Waals surface area (Å²) in [5.41, 5.74) is -0.575. The van der Waals surface area contributed by atoms with Gasteiger partial charge in [-0.1, -0.05) is 0 Å². The summed E-state index contributed by atoms with van der Waals surface area (Å²) >= 11 is 0. The Kier molecular flexibility index (Phi) is 5.64. The summed E-state index contributed by atoms with van der Waals surface area (Å²) in [4.78, 5) is 17.8. The third-order valence-electron chi connectivity index (χ3n) is 3.42. The molecule has 1 aliphatic rings. The maximum atomic E-state index is 12.2. The van der Waals surface area contributed by atoms with E-state index in [4.69, 9.17) is 4.74 Å². The predicted molar refractivity (Wildman–Crippen MR) is 85.5 cm³/mol. The molecule has 0 aromatic carbocycles. The second-order valence-electron chi connectivity index (χ2n) is 6.83. The van der Waals surface area contributed by atoms with Crippen LogP contribution < -0.4 is 15.0 Å². The zero-order chi connectivity index (χ0) is 18.7. The number of halogens is 3. The highest BCUT2D eigenvalue weighted by atomic mass is 19.4. The summed E-state index contributed by atoms with van der Waals surface area (Å²) in [7, 11) is 0. The third-order valence-corrected chi connectivity index (χ3v) is 3.42. The van der Waals surface area contributed by atoms with Gasteiger partial charge in [0.15, 0.2) is 0 Å². The van der Waals surface area contributed by atoms with Crippen LogP contribution in [0.3, 0.4) is 0 Å². The molecular weight excluding hydrogens is 339 g/mol. The molecule has 1 amide bonds. The zero-order valence-corrected chi connectivity index (χ0v) is 14.4. The lowest BCUT2D eigenvalue weighted by Crippen LogP contribution is -2.49. The van der Waals surface area contributed by atoms with E-state index in [-0.39, 0.29) is 11.8 Å². The van der Waals surface area contributed by atoms with Crippen molar-refractivity contribution in [1.29, 1.82) is 0 Å². The van der Waals surface area contributed by atoms with E-state index in [1.807, 2.05) is 4.90 Å². The second kappa shape index (κ2) is 7.37. The number of nitrogens with zero attached hydrogens (tertiary/aromatic N) is 2. The van der Waals surface area contributed by atoms with Crippen molar-refractivity contribution in [3.63, 3.8) is 0 Å². The van der Waals surface area contributed by atoms with E-state index < -0.39 is 18.1 Å². The smallest absolute Gasteiger partial charge is 0.444 e. The summed E-state index contributed by atoms with van der Waals surface area (Å²) in [6.07, 6.45) is -2.57. The number of alkyl carbamates (subject to hydrolysis) is 1. The monoisotopic (exact) mass is 361 g/mol. The van der Waals surface area contributed by atoms with Crippen molar-refractivity contribution in [1.82, 2.24) is 10.3 Å². The number of piperidine rings is 1. The van der Waals surface area contributed by atoms with Crippen LogP contribution in [0.2, 0.25) is 0 Å². The van der Waals surface area contributed by atoms with E-state index in [1.54, 1.807) is 20.8 Å². The van der Waals surface area contributed by atoms with Crippen LogP contribution in [0.5, 0.6) is 5.75 Å². The fourth-order valence-electron chi connectivity index (χ4n) is 2.53. The van der Waals surface area contributed by atoms with Gasteiger partial charge >= 0.3 is 12.5 Å². The second-order valence-corrected chi connectivity index (χ2v) is 6.83. The van der Waals surface area contributed by atoms with E-state index in [2.05, 4.69) is 15.0 Å². The molecule has 1 fully saturated rings. The van der Waals surface area contributed by atoms with Gasteiger partial charge in [-0.15, -0.1) is 13.2 Å². The maximum Gasteiger partial charge on any atom is 0.573 e. The van der Waals surface area contributed by atoms with Crippen LogP contribution in [0, 0.1) is 0 Å². The molecular formula is C16H22F3N3O3. The van der Waals surface area contributed by atoms with Gasteiger partial charge in [0.05, 0.1) is 6.20 Å². The Balaban J connectivity index is 1.93. The van der Waals surface area contributed by atoms with Gasteiger partial charge < -0.3 is 19.7 Å². The average Bonchev–Trinajstić information content (AvgIpc) is 2.44. The standard InChI is InChI=1S/C16H22F3N3O3/c1-15(2,3)25-14(23)21-11-5-4-8-22(10-11)13-7-6-12(9-20-13)24-16(17,18)19/h6-7,9,11H,4-5,8,10H2,1-3H3,(H,21,23). The summed E-state index contributed by atoms with van der Waals surface area (Å²) < 4.78 is 45.6. The number of amides is 1. The number of rotatable bonds is 3. The van der Waals surface area contributed by atoms with Crippen LogP contribution in [0.15, 0.2) is 18.3 Å². The molecule has 1 aromatic rings. The molecule has 1 atom stereocenters. The highest BCUT2D eigenvalue weighted by molar-refractivity contribution is 5.68. The Hall–Kier alpha value is -2.19. The van der Waals surface area contributed by atoms with E-state index in [1.165, 1.54) is 12.1 Å². The van der Waals surface area contributed by atoms with Crippen molar-refractivity contribution in [2.45, 2.75) is 51.6 Å². The number of aromatic nitrogens is 1. The number of pyridine rings is 1. The van der Waals surface area contributed by atoms with Crippen molar-refractivity contribution in [2.24, 2.45) is 0 Å². The lowest BCUT2D eigenvalue weighted by molar-refractivity contribution is -0.274. The minimum absolute atomic E-state index is 0.114. The first kappa shape index (κ1) is 19.1. The molecule has 0 bridgehead atoms. The number of alkyl halides is 3. The summed E-state index contributed by atoms with van der Waals surface area (Å²) in [5.74, 6) is 0.168. The Morgan fingerprint density at radius 1 is 1.32 bits per heavy atom. The lowest BCUT2D eigenvalue weighted by Gasteiger charge is -2.34. The highest BCUT2D eigenvalue weighted by Crippen LogP contribution is 2.24. The number of hydrogen-bond acceptors (Lipinski definition) is 5. The molecule has 0 spiro atoms. The van der Waals surface area contributed by atoms with E-state index in [0.29, 0.717) is 18.9 Å². The van der Waals surface area contributed by atoms with E-state index in [9.17, 15) is 18.0 Å². The molecule has 1 N–H and O–H groups in total. The van der Waals surface area contributed by atoms with Gasteiger partial charge in [0.25, 0.3) is 0 Å². The third kappa shape index (κ3) is 6.67. The Morgan fingerprint density at radius 3 is 2.60 bits per heavy atom. The first-order chi connectivity index (χ1) is 11.5. The zero-order valence-electron chi connectivity index (χ0n) is 14.4. The van der Waals surface area contributed by atoms with Crippen molar-refractivity contribution in [2.75, 3.05) is 18.0 Å². The van der Waals surface area contributed by atoms with E-state index >= 15 is 0 Å². The minimum Gasteiger partial charge on any atom is -0.444 e. The molecule has 6 nitrogen and oxygen atoms in total. The molecule has 0 saturated carbocycles. The van der Waals surface area contributed by atoms with Crippen LogP contribution in [-0.4, -0.2) is 42.2 Å². The Labute approximate surface area is 144 Å². The number of anilines is 1. The lowest BCUT2D eigenvalue weighted by atomic mass is 10.1. The largest absolute Gasteiger partial charge is 0.573 e. The number of nitrogens with one attached hydrogen (secondary N) is 1. The molecule has 2 heterocycles. The first-order valence-electron chi connectivity index (χ1n) is 7.98. The van der Waals surface area contributed by atoms with E-state index in [0.717, 1.165) is 19.0 Å². The molecule has 1 aromatic heterocycles. The predicted octanol–water partition coefficient (Wildman–Crippen LogP) is 3.47. The SMILES string of the molecule is CC(C)(C)OC(=O)NC1CCCN(c2ccc(OC(F)(F)F)cn2)C1. The number of carbonyl (C=O) groups is 1. The fraction of sp³-hybridized carbons (Fsp3) is 0.625. The van der Waals surface area contributed by atoms with Gasteiger partial charge in [0.2, 0.25) is 0 Å². The molecule has 140 valence electrons. The van der Waals surface area contributed by atoms with Gasteiger partial charge in [0.1, 0.15) is 17.2 Å². The summed E-state index contributed by atoms with van der Waals surface area (Å²) in [6.45, 7) is 6.57. The molecule has 25 heavy (non-hydrogen) atoms. The molecule has 9 heteroatoms. The number of ether oxygens (including phenoxy) is 2. The van der Waals surface area contributed by atoms with Crippen molar-refractivity contribution in [3.05, 3.63) is 18.3 Å². The molecule has 0 radical (unpaired) electrons. The fourth-order valence-corrected chi connectivity index (χ4v) is 2.53. The molecule has 0 aliphatic carbocycles. The quantitative estimate of drug-likeness (QED) is 0.893. The van der Waals surface area contributed by atoms with Crippen LogP contribution in [0.25, 0.3) is 0 Å². The highest BCUT2D eigenvalue weighted by Gasteiger charge is 2.31. The summed E-state index contributed by atoms with van der Waals surface area (Å²) in [6, 6.07) is 2.58. The van der Waals surface area contributed by atoms with Gasteiger partial charge in [-0.3, -0.25) is 0 Å². The Bertz CT molecular complexity index is 585. The van der Waals surface area contributed by atoms with Crippen LogP contribution in [0.4, 0.5) is 23.8 Å². The topological polar surface area (TPSA) is 63.7 Å². The van der Waals surface area contributed by atoms with Crippen molar-refractivity contribution < 1.29 is 27.4 Å². The van der Waals surface area contributed by atoms with Crippen molar-refractivity contribution >= 4 is 11.9 Å². The van der Waals surface area contributed by atoms with Crippen LogP contribution >= 0.6 is 0 Å². The molecule has 1 unspecified atom stereocenters. The Morgan fingerprint density at radius 2 is 2.04 bits per heavy atom. The maximum absolute atomic E-state index is 12.2. The van der Waals surface area contributed by atoms with Gasteiger partial charge in [-0.2, -0.15) is 0 Å². The average molecular weight is 361 g/mol. The summed E-state index contributed by atoms with van der Waals surface area (Å²) in [5, 5.41) is 2.81. The number of carbonyl (C=O) groups excluding carboxylic acids is 1. The van der Waals surface area contributed by atoms with Crippen molar-refractivity contribution in [3.8, 4) is 5.75 Å². The van der Waals surface area contributed by atoms with Gasteiger partial charge in [-0.05, 0) is 45.7 Å². The molecule has 2 rings (SSSR count). The van der Waals surface area contributed by atoms with Gasteiger partial charge in [-0.25, -0.2) is 9.78 Å². The van der Waals surface area contributed by atoms with Crippen LogP contribution in [-0.2, 0) is 4.74 Å². The number of hydrogen-bond donors (Lipinski definition) is 1. The van der Waals surface area contributed by atoms with Crippen LogP contribution in [0.1, 0.15) is 33.6 Å². The molecule has 1 saturated heterocycles.